The van der Waals surface area contributed by atoms with Crippen LogP contribution in [0.3, 0.4) is 0 Å². The Morgan fingerprint density at radius 1 is 0.553 bits per heavy atom. The number of rotatable bonds is 5. The van der Waals surface area contributed by atoms with Gasteiger partial charge in [-0.25, -0.2) is 0 Å². The lowest BCUT2D eigenvalue weighted by molar-refractivity contribution is -0.649. The van der Waals surface area contributed by atoms with Gasteiger partial charge in [0.05, 0.1) is 46.2 Å². The second kappa shape index (κ2) is 9.05. The first-order valence-electron chi connectivity index (χ1n) is 12.5. The number of para-hydroxylation sites is 5. The first-order chi connectivity index (χ1) is 18.7. The molecule has 5 heteroatoms. The number of imidazole rings is 2. The topological polar surface area (TPSA) is 26.8 Å². The van der Waals surface area contributed by atoms with Crippen LogP contribution < -0.4 is 13.9 Å². The first kappa shape index (κ1) is 22.1. The molecule has 5 aromatic carbocycles. The zero-order valence-corrected chi connectivity index (χ0v) is 20.8. The molecule has 0 amide bonds. The fraction of sp³-hybridized carbons (Fsp3) is 0.0303. The van der Waals surface area contributed by atoms with Gasteiger partial charge in [0.15, 0.2) is 0 Å². The summed E-state index contributed by atoms with van der Waals surface area (Å²) < 4.78 is 14.6. The van der Waals surface area contributed by atoms with Crippen molar-refractivity contribution >= 4 is 22.1 Å². The number of nitrogens with zero attached hydrogens (tertiary/aromatic N) is 4. The lowest BCUT2D eigenvalue weighted by Gasteiger charge is -2.11. The fourth-order valence-electron chi connectivity index (χ4n) is 4.92. The van der Waals surface area contributed by atoms with E-state index in [1.807, 2.05) is 78.3 Å². The van der Waals surface area contributed by atoms with Gasteiger partial charge >= 0.3 is 0 Å². The van der Waals surface area contributed by atoms with Crippen LogP contribution in [0.25, 0.3) is 39.1 Å². The third-order valence-corrected chi connectivity index (χ3v) is 6.70. The normalized spacial score (nSPS) is 11.3. The first-order valence-corrected chi connectivity index (χ1v) is 12.5. The maximum Gasteiger partial charge on any atom is 0.269 e. The summed E-state index contributed by atoms with van der Waals surface area (Å²) in [5, 5.41) is 0. The van der Waals surface area contributed by atoms with Crippen molar-refractivity contribution < 1.29 is 13.9 Å². The van der Waals surface area contributed by atoms with Crippen LogP contribution in [0.1, 0.15) is 0 Å². The Kier molecular flexibility index (Phi) is 5.26. The summed E-state index contributed by atoms with van der Waals surface area (Å²) >= 11 is 0. The van der Waals surface area contributed by atoms with Gasteiger partial charge in [0.2, 0.25) is 6.33 Å². The van der Waals surface area contributed by atoms with Crippen molar-refractivity contribution in [1.82, 2.24) is 9.13 Å². The highest BCUT2D eigenvalue weighted by molar-refractivity contribution is 5.75. The summed E-state index contributed by atoms with van der Waals surface area (Å²) in [5.74, 6) is 1.51. The van der Waals surface area contributed by atoms with E-state index in [0.29, 0.717) is 0 Å². The van der Waals surface area contributed by atoms with Crippen molar-refractivity contribution in [3.63, 3.8) is 0 Å². The van der Waals surface area contributed by atoms with Crippen LogP contribution in [0.4, 0.5) is 0 Å². The Balaban J connectivity index is 1.25. The minimum Gasteiger partial charge on any atom is -0.459 e. The molecule has 0 unspecified atom stereocenters. The molecule has 0 aliphatic carbocycles. The van der Waals surface area contributed by atoms with E-state index >= 15 is 0 Å². The van der Waals surface area contributed by atoms with Crippen LogP contribution >= 0.6 is 0 Å². The molecule has 0 saturated heterocycles. The van der Waals surface area contributed by atoms with E-state index in [1.54, 1.807) is 0 Å². The Hall–Kier alpha value is -5.16. The van der Waals surface area contributed by atoms with Crippen molar-refractivity contribution in [2.24, 2.45) is 7.05 Å². The number of ether oxygens (including phenoxy) is 1. The van der Waals surface area contributed by atoms with Crippen LogP contribution in [0.5, 0.6) is 11.5 Å². The average Bonchev–Trinajstić information content (AvgIpc) is 3.52. The molecule has 0 N–H and O–H groups in total. The minimum absolute atomic E-state index is 0.754. The van der Waals surface area contributed by atoms with E-state index in [2.05, 4.69) is 87.0 Å². The SMILES string of the molecule is C[n+]1[c-]n(-c2cccc(Oc3cccc(-n4[c-][n+](-c5ccccc5)c5ccccc54)c3)c2)c2ccccc21. The molecule has 0 fully saturated rings. The van der Waals surface area contributed by atoms with Gasteiger partial charge < -0.3 is 13.9 Å². The van der Waals surface area contributed by atoms with Crippen LogP contribution in [-0.2, 0) is 7.05 Å². The predicted molar refractivity (Wildman–Crippen MR) is 147 cm³/mol. The molecule has 0 aliphatic heterocycles. The average molecular weight is 493 g/mol. The molecule has 0 aliphatic rings. The number of fused-ring (bicyclic) bond motifs is 2. The molecule has 2 aromatic heterocycles. The van der Waals surface area contributed by atoms with Crippen molar-refractivity contribution in [2.45, 2.75) is 0 Å². The maximum atomic E-state index is 6.36. The fourth-order valence-corrected chi connectivity index (χ4v) is 4.92. The van der Waals surface area contributed by atoms with Gasteiger partial charge in [0.25, 0.3) is 6.33 Å². The summed E-state index contributed by atoms with van der Waals surface area (Å²) in [6.07, 6.45) is 6.92. The molecule has 7 rings (SSSR count). The molecule has 0 saturated carbocycles. The third kappa shape index (κ3) is 3.82. The molecular weight excluding hydrogens is 468 g/mol. The van der Waals surface area contributed by atoms with Crippen LogP contribution in [0.15, 0.2) is 127 Å². The highest BCUT2D eigenvalue weighted by Gasteiger charge is 2.13. The molecule has 0 bridgehead atoms. The smallest absolute Gasteiger partial charge is 0.269 e. The zero-order valence-electron chi connectivity index (χ0n) is 20.8. The third-order valence-electron chi connectivity index (χ3n) is 6.70. The zero-order chi connectivity index (χ0) is 25.5. The predicted octanol–water partition coefficient (Wildman–Crippen LogP) is 6.07. The Labute approximate surface area is 220 Å². The lowest BCUT2D eigenvalue weighted by Crippen LogP contribution is -2.29. The van der Waals surface area contributed by atoms with E-state index in [1.165, 1.54) is 0 Å². The molecule has 2 heterocycles. The molecule has 182 valence electrons. The van der Waals surface area contributed by atoms with E-state index in [4.69, 9.17) is 4.74 Å². The number of hydrogen-bond acceptors (Lipinski definition) is 1. The van der Waals surface area contributed by atoms with Crippen LogP contribution in [-0.4, -0.2) is 9.13 Å². The lowest BCUT2D eigenvalue weighted by atomic mass is 10.2. The molecule has 7 aromatic rings. The summed E-state index contributed by atoms with van der Waals surface area (Å²) in [4.78, 5) is 0. The Bertz CT molecular complexity index is 1920. The molecule has 0 atom stereocenters. The van der Waals surface area contributed by atoms with Gasteiger partial charge in [-0.3, -0.25) is 9.13 Å². The quantitative estimate of drug-likeness (QED) is 0.212. The molecule has 38 heavy (non-hydrogen) atoms. The monoisotopic (exact) mass is 492 g/mol. The number of aromatic nitrogens is 4. The summed E-state index contributed by atoms with van der Waals surface area (Å²) in [6.45, 7) is 0. The van der Waals surface area contributed by atoms with Crippen molar-refractivity contribution in [3.8, 4) is 28.6 Å². The van der Waals surface area contributed by atoms with Crippen molar-refractivity contribution in [3.05, 3.63) is 140 Å². The van der Waals surface area contributed by atoms with Crippen LogP contribution in [0, 0.1) is 12.7 Å². The van der Waals surface area contributed by atoms with Gasteiger partial charge in [-0.15, -0.1) is 0 Å². The summed E-state index contributed by atoms with van der Waals surface area (Å²) in [6, 6.07) is 43.1. The second-order valence-corrected chi connectivity index (χ2v) is 9.17. The number of hydrogen-bond donors (Lipinski definition) is 0. The minimum atomic E-state index is 0.754. The van der Waals surface area contributed by atoms with Crippen molar-refractivity contribution in [1.29, 1.82) is 0 Å². The molecule has 0 radical (unpaired) electrons. The molecular formula is C33H24N4O. The second-order valence-electron chi connectivity index (χ2n) is 9.17. The Morgan fingerprint density at radius 2 is 1.11 bits per heavy atom. The standard InChI is InChI=1S/C33H24N4O/c1-34-23-35(31-18-6-5-17-30(31)34)26-13-9-15-28(21-26)38-29-16-10-14-27(22-29)37-24-36(25-11-3-2-4-12-25)32-19-7-8-20-33(32)37/h2-22H,1H3. The number of aryl methyl sites for hydroxylation is 1. The van der Waals surface area contributed by atoms with E-state index in [-0.39, 0.29) is 0 Å². The van der Waals surface area contributed by atoms with Gasteiger partial charge in [-0.1, -0.05) is 84.9 Å². The largest absolute Gasteiger partial charge is 0.459 e. The van der Waals surface area contributed by atoms with E-state index in [0.717, 1.165) is 50.6 Å². The van der Waals surface area contributed by atoms with Gasteiger partial charge in [0, 0.05) is 0 Å². The molecule has 5 nitrogen and oxygen atoms in total. The van der Waals surface area contributed by atoms with Crippen molar-refractivity contribution in [2.75, 3.05) is 0 Å². The van der Waals surface area contributed by atoms with Gasteiger partial charge in [-0.05, 0) is 42.5 Å². The Morgan fingerprint density at radius 3 is 1.79 bits per heavy atom. The summed E-state index contributed by atoms with van der Waals surface area (Å²) in [5.41, 5.74) is 7.39. The maximum absolute atomic E-state index is 6.36. The van der Waals surface area contributed by atoms with Gasteiger partial charge in [0.1, 0.15) is 11.5 Å². The van der Waals surface area contributed by atoms with Gasteiger partial charge in [-0.2, -0.15) is 0 Å². The highest BCUT2D eigenvalue weighted by atomic mass is 16.5. The van der Waals surface area contributed by atoms with E-state index < -0.39 is 0 Å². The van der Waals surface area contributed by atoms with E-state index in [9.17, 15) is 0 Å². The van der Waals surface area contributed by atoms with Crippen LogP contribution in [0.2, 0.25) is 0 Å². The summed E-state index contributed by atoms with van der Waals surface area (Å²) in [7, 11) is 2.01. The number of benzene rings is 5. The highest BCUT2D eigenvalue weighted by Crippen LogP contribution is 2.28. The molecule has 0 spiro atoms.